The molecule has 1 aromatic rings. The highest BCUT2D eigenvalue weighted by Crippen LogP contribution is 2.29. The van der Waals surface area contributed by atoms with Crippen molar-refractivity contribution in [1.29, 1.82) is 0 Å². The van der Waals surface area contributed by atoms with Crippen LogP contribution in [0.2, 0.25) is 0 Å². The fraction of sp³-hybridized carbons (Fsp3) is 0.625. The fourth-order valence-corrected chi connectivity index (χ4v) is 2.45. The molecule has 0 bridgehead atoms. The van der Waals surface area contributed by atoms with Gasteiger partial charge in [0.25, 0.3) is 0 Å². The Labute approximate surface area is 117 Å². The number of rotatable bonds is 7. The summed E-state index contributed by atoms with van der Waals surface area (Å²) in [6.07, 6.45) is 0. The minimum atomic E-state index is -0.121. The van der Waals surface area contributed by atoms with Gasteiger partial charge in [0.1, 0.15) is 5.82 Å². The van der Waals surface area contributed by atoms with Gasteiger partial charge < -0.3 is 10.2 Å². The van der Waals surface area contributed by atoms with Crippen LogP contribution in [0.3, 0.4) is 0 Å². The average molecular weight is 266 g/mol. The van der Waals surface area contributed by atoms with E-state index in [1.807, 2.05) is 6.07 Å². The maximum absolute atomic E-state index is 14.3. The first-order valence-corrected chi connectivity index (χ1v) is 7.27. The van der Waals surface area contributed by atoms with E-state index in [9.17, 15) is 4.39 Å². The van der Waals surface area contributed by atoms with Crippen LogP contribution in [-0.4, -0.2) is 19.6 Å². The highest BCUT2D eigenvalue weighted by atomic mass is 19.1. The number of halogens is 1. The van der Waals surface area contributed by atoms with Gasteiger partial charge in [-0.15, -0.1) is 0 Å². The lowest BCUT2D eigenvalue weighted by atomic mass is 10.0. The molecule has 0 spiro atoms. The summed E-state index contributed by atoms with van der Waals surface area (Å²) in [6, 6.07) is 5.54. The van der Waals surface area contributed by atoms with Crippen LogP contribution in [0.5, 0.6) is 0 Å². The molecular formula is C16H27FN2. The first kappa shape index (κ1) is 16.0. The number of benzene rings is 1. The predicted molar refractivity (Wildman–Crippen MR) is 81.2 cm³/mol. The number of hydrogen-bond acceptors (Lipinski definition) is 2. The Morgan fingerprint density at radius 3 is 2.42 bits per heavy atom. The van der Waals surface area contributed by atoms with E-state index >= 15 is 0 Å². The molecule has 0 saturated heterocycles. The number of anilines is 1. The van der Waals surface area contributed by atoms with E-state index in [0.29, 0.717) is 5.92 Å². The molecule has 3 heteroatoms. The zero-order valence-corrected chi connectivity index (χ0v) is 12.8. The van der Waals surface area contributed by atoms with Gasteiger partial charge in [0.2, 0.25) is 0 Å². The third-order valence-corrected chi connectivity index (χ3v) is 3.28. The molecule has 1 N–H and O–H groups in total. The monoisotopic (exact) mass is 266 g/mol. The van der Waals surface area contributed by atoms with E-state index in [-0.39, 0.29) is 11.9 Å². The maximum atomic E-state index is 14.3. The van der Waals surface area contributed by atoms with Crippen molar-refractivity contribution >= 4 is 5.69 Å². The highest BCUT2D eigenvalue weighted by molar-refractivity contribution is 5.56. The van der Waals surface area contributed by atoms with Crippen LogP contribution in [-0.2, 0) is 0 Å². The van der Waals surface area contributed by atoms with Gasteiger partial charge >= 0.3 is 0 Å². The van der Waals surface area contributed by atoms with Gasteiger partial charge in [-0.1, -0.05) is 32.9 Å². The van der Waals surface area contributed by atoms with E-state index in [1.165, 1.54) is 0 Å². The largest absolute Gasteiger partial charge is 0.369 e. The second-order valence-corrected chi connectivity index (χ2v) is 5.39. The minimum absolute atomic E-state index is 0.121. The normalized spacial score (nSPS) is 12.8. The Balaban J connectivity index is 3.15. The Morgan fingerprint density at radius 1 is 1.21 bits per heavy atom. The molecular weight excluding hydrogens is 239 g/mol. The minimum Gasteiger partial charge on any atom is -0.369 e. The molecule has 1 aromatic carbocycles. The van der Waals surface area contributed by atoms with E-state index in [1.54, 1.807) is 12.1 Å². The van der Waals surface area contributed by atoms with Crippen LogP contribution < -0.4 is 10.2 Å². The molecule has 1 unspecified atom stereocenters. The Morgan fingerprint density at radius 2 is 1.89 bits per heavy atom. The standard InChI is InChI=1S/C16H27FN2/c1-6-18-13(5)14-9-8-10-15(17)16(14)19(7-2)11-12(3)4/h8-10,12-13,18H,6-7,11H2,1-5H3. The zero-order chi connectivity index (χ0) is 14.4. The fourth-order valence-electron chi connectivity index (χ4n) is 2.45. The van der Waals surface area contributed by atoms with Gasteiger partial charge in [0, 0.05) is 19.1 Å². The van der Waals surface area contributed by atoms with E-state index in [0.717, 1.165) is 30.9 Å². The van der Waals surface area contributed by atoms with Gasteiger partial charge in [-0.3, -0.25) is 0 Å². The number of nitrogens with zero attached hydrogens (tertiary/aromatic N) is 1. The lowest BCUT2D eigenvalue weighted by Gasteiger charge is -2.29. The number of hydrogen-bond donors (Lipinski definition) is 1. The van der Waals surface area contributed by atoms with Crippen LogP contribution in [0.1, 0.15) is 46.2 Å². The molecule has 0 saturated carbocycles. The smallest absolute Gasteiger partial charge is 0.146 e. The van der Waals surface area contributed by atoms with Gasteiger partial charge in [0.15, 0.2) is 0 Å². The Hall–Kier alpha value is -1.09. The Bertz CT molecular complexity index is 390. The summed E-state index contributed by atoms with van der Waals surface area (Å²) >= 11 is 0. The molecule has 1 rings (SSSR count). The number of nitrogens with one attached hydrogen (secondary N) is 1. The predicted octanol–water partition coefficient (Wildman–Crippen LogP) is 3.98. The lowest BCUT2D eigenvalue weighted by Crippen LogP contribution is -2.30. The van der Waals surface area contributed by atoms with Crippen molar-refractivity contribution in [3.8, 4) is 0 Å². The third kappa shape index (κ3) is 4.20. The second-order valence-electron chi connectivity index (χ2n) is 5.39. The van der Waals surface area contributed by atoms with Crippen molar-refractivity contribution < 1.29 is 4.39 Å². The maximum Gasteiger partial charge on any atom is 0.146 e. The summed E-state index contributed by atoms with van der Waals surface area (Å²) < 4.78 is 14.3. The Kier molecular flexibility index (Phi) is 6.29. The molecule has 2 nitrogen and oxygen atoms in total. The van der Waals surface area contributed by atoms with Crippen molar-refractivity contribution in [2.24, 2.45) is 5.92 Å². The summed E-state index contributed by atoms with van der Waals surface area (Å²) in [4.78, 5) is 2.14. The zero-order valence-electron chi connectivity index (χ0n) is 12.8. The van der Waals surface area contributed by atoms with Crippen molar-refractivity contribution in [2.75, 3.05) is 24.5 Å². The average Bonchev–Trinajstić information content (AvgIpc) is 2.36. The van der Waals surface area contributed by atoms with Gasteiger partial charge in [-0.25, -0.2) is 4.39 Å². The van der Waals surface area contributed by atoms with Crippen LogP contribution in [0, 0.1) is 11.7 Å². The third-order valence-electron chi connectivity index (χ3n) is 3.28. The molecule has 0 fully saturated rings. The summed E-state index contributed by atoms with van der Waals surface area (Å²) in [6.45, 7) is 13.2. The van der Waals surface area contributed by atoms with Crippen LogP contribution in [0.25, 0.3) is 0 Å². The van der Waals surface area contributed by atoms with Gasteiger partial charge in [-0.05, 0) is 37.9 Å². The quantitative estimate of drug-likeness (QED) is 0.803. The van der Waals surface area contributed by atoms with Crippen LogP contribution in [0.15, 0.2) is 18.2 Å². The molecule has 0 aromatic heterocycles. The summed E-state index contributed by atoms with van der Waals surface area (Å²) in [5.41, 5.74) is 1.80. The molecule has 0 heterocycles. The SMILES string of the molecule is CCNC(C)c1cccc(F)c1N(CC)CC(C)C. The van der Waals surface area contributed by atoms with E-state index < -0.39 is 0 Å². The van der Waals surface area contributed by atoms with Gasteiger partial charge in [-0.2, -0.15) is 0 Å². The molecule has 1 atom stereocenters. The second kappa shape index (κ2) is 7.49. The van der Waals surface area contributed by atoms with Crippen LogP contribution in [0.4, 0.5) is 10.1 Å². The van der Waals surface area contributed by atoms with E-state index in [2.05, 4.69) is 44.8 Å². The molecule has 19 heavy (non-hydrogen) atoms. The topological polar surface area (TPSA) is 15.3 Å². The summed E-state index contributed by atoms with van der Waals surface area (Å²) in [7, 11) is 0. The van der Waals surface area contributed by atoms with Crippen molar-refractivity contribution in [3.63, 3.8) is 0 Å². The lowest BCUT2D eigenvalue weighted by molar-refractivity contribution is 0.561. The molecule has 0 aliphatic rings. The van der Waals surface area contributed by atoms with Crippen molar-refractivity contribution in [1.82, 2.24) is 5.32 Å². The first-order valence-electron chi connectivity index (χ1n) is 7.27. The molecule has 0 radical (unpaired) electrons. The molecule has 108 valence electrons. The molecule has 0 aliphatic carbocycles. The first-order chi connectivity index (χ1) is 9.01. The van der Waals surface area contributed by atoms with Crippen molar-refractivity contribution in [2.45, 2.75) is 40.7 Å². The summed E-state index contributed by atoms with van der Waals surface area (Å²) in [5, 5.41) is 3.37. The highest BCUT2D eigenvalue weighted by Gasteiger charge is 2.18. The summed E-state index contributed by atoms with van der Waals surface area (Å²) in [5.74, 6) is 0.395. The van der Waals surface area contributed by atoms with E-state index in [4.69, 9.17) is 0 Å². The van der Waals surface area contributed by atoms with Crippen molar-refractivity contribution in [3.05, 3.63) is 29.6 Å². The molecule has 0 amide bonds. The molecule has 0 aliphatic heterocycles. The van der Waals surface area contributed by atoms with Crippen LogP contribution >= 0.6 is 0 Å². The van der Waals surface area contributed by atoms with Gasteiger partial charge in [0.05, 0.1) is 5.69 Å². The number of para-hydroxylation sites is 1.